The smallest absolute Gasteiger partial charge is 0.246 e. The van der Waals surface area contributed by atoms with E-state index in [1.807, 2.05) is 30.3 Å². The van der Waals surface area contributed by atoms with Crippen molar-refractivity contribution in [3.05, 3.63) is 138 Å². The SMILES string of the molecule is CO[C@@H]1C=C[C@H](C(NCCCC[C@H](NC(=O)[C@@H](N)Cc2ccccc2)C(=O)Nc2ccc(CO)cc2)(c2ccccc2)[C@H]2C=CC=CC2)CC1. The van der Waals surface area contributed by atoms with Gasteiger partial charge in [-0.25, -0.2) is 0 Å². The monoisotopic (exact) mass is 676 g/mol. The number of aliphatic hydroxyl groups excluding tert-OH is 1. The molecule has 2 aliphatic rings. The van der Waals surface area contributed by atoms with Gasteiger partial charge in [-0.05, 0) is 86.2 Å². The van der Waals surface area contributed by atoms with Crippen LogP contribution < -0.4 is 21.7 Å². The molecule has 0 saturated carbocycles. The summed E-state index contributed by atoms with van der Waals surface area (Å²) >= 11 is 0. The molecule has 8 nitrogen and oxygen atoms in total. The molecule has 6 atom stereocenters. The fourth-order valence-electron chi connectivity index (χ4n) is 7.27. The fraction of sp³-hybridized carbons (Fsp3) is 0.381. The number of unbranched alkanes of at least 4 members (excludes halogenated alkanes) is 1. The van der Waals surface area contributed by atoms with Gasteiger partial charge in [0.2, 0.25) is 11.8 Å². The topological polar surface area (TPSA) is 126 Å². The molecule has 0 saturated heterocycles. The summed E-state index contributed by atoms with van der Waals surface area (Å²) in [5.41, 5.74) is 9.57. The molecule has 2 amide bonds. The molecule has 5 rings (SSSR count). The highest BCUT2D eigenvalue weighted by Gasteiger charge is 2.45. The third-order valence-corrected chi connectivity index (χ3v) is 10.0. The lowest BCUT2D eigenvalue weighted by Crippen LogP contribution is -2.54. The van der Waals surface area contributed by atoms with Crippen LogP contribution in [0.1, 0.15) is 55.2 Å². The Morgan fingerprint density at radius 1 is 0.860 bits per heavy atom. The second kappa shape index (κ2) is 18.6. The molecular weight excluding hydrogens is 624 g/mol. The molecule has 50 heavy (non-hydrogen) atoms. The van der Waals surface area contributed by atoms with Crippen LogP contribution in [0.3, 0.4) is 0 Å². The summed E-state index contributed by atoms with van der Waals surface area (Å²) in [5, 5.41) is 19.4. The lowest BCUT2D eigenvalue weighted by molar-refractivity contribution is -0.127. The van der Waals surface area contributed by atoms with Gasteiger partial charge in [0.15, 0.2) is 0 Å². The highest BCUT2D eigenvalue weighted by molar-refractivity contribution is 5.97. The highest BCUT2D eigenvalue weighted by Crippen LogP contribution is 2.45. The minimum absolute atomic E-state index is 0.0791. The van der Waals surface area contributed by atoms with Crippen molar-refractivity contribution in [2.24, 2.45) is 17.6 Å². The first-order valence-corrected chi connectivity index (χ1v) is 17.9. The number of anilines is 1. The number of allylic oxidation sites excluding steroid dienone is 3. The van der Waals surface area contributed by atoms with Crippen LogP contribution in [0.5, 0.6) is 0 Å². The van der Waals surface area contributed by atoms with Crippen LogP contribution in [-0.2, 0) is 32.9 Å². The van der Waals surface area contributed by atoms with Crippen LogP contribution in [0.4, 0.5) is 5.69 Å². The van der Waals surface area contributed by atoms with Crippen molar-refractivity contribution in [2.75, 3.05) is 19.0 Å². The van der Waals surface area contributed by atoms with Gasteiger partial charge in [0.25, 0.3) is 0 Å². The molecule has 264 valence electrons. The van der Waals surface area contributed by atoms with Crippen LogP contribution in [0.15, 0.2) is 121 Å². The third-order valence-electron chi connectivity index (χ3n) is 10.0. The Bertz CT molecular complexity index is 1590. The van der Waals surface area contributed by atoms with E-state index >= 15 is 0 Å². The number of hydrogen-bond donors (Lipinski definition) is 5. The maximum Gasteiger partial charge on any atom is 0.246 e. The Morgan fingerprint density at radius 3 is 2.24 bits per heavy atom. The van der Waals surface area contributed by atoms with Gasteiger partial charge in [0, 0.05) is 18.7 Å². The molecule has 1 unspecified atom stereocenters. The molecule has 0 fully saturated rings. The molecule has 0 spiro atoms. The van der Waals surface area contributed by atoms with Crippen molar-refractivity contribution in [2.45, 2.75) is 75.3 Å². The third kappa shape index (κ3) is 9.67. The molecular formula is C42H52N4O4. The number of ether oxygens (including phenoxy) is 1. The van der Waals surface area contributed by atoms with E-state index in [9.17, 15) is 14.7 Å². The zero-order valence-electron chi connectivity index (χ0n) is 29.0. The van der Waals surface area contributed by atoms with E-state index in [-0.39, 0.29) is 41.9 Å². The van der Waals surface area contributed by atoms with Crippen molar-refractivity contribution in [3.8, 4) is 0 Å². The fourth-order valence-corrected chi connectivity index (χ4v) is 7.27. The molecule has 0 aromatic heterocycles. The summed E-state index contributed by atoms with van der Waals surface area (Å²) in [7, 11) is 1.77. The lowest BCUT2D eigenvalue weighted by atomic mass is 9.64. The normalized spacial score (nSPS) is 20.8. The summed E-state index contributed by atoms with van der Waals surface area (Å²) in [6.45, 7) is 0.656. The van der Waals surface area contributed by atoms with E-state index in [1.165, 1.54) is 5.56 Å². The number of carbonyl (C=O) groups excluding carboxylic acids is 2. The first kappa shape index (κ1) is 36.9. The first-order valence-electron chi connectivity index (χ1n) is 17.9. The number of nitrogens with one attached hydrogen (secondary N) is 3. The summed E-state index contributed by atoms with van der Waals surface area (Å²) < 4.78 is 5.66. The maximum atomic E-state index is 13.6. The minimum atomic E-state index is -0.788. The summed E-state index contributed by atoms with van der Waals surface area (Å²) in [6.07, 6.45) is 18.8. The zero-order chi connectivity index (χ0) is 35.2. The van der Waals surface area contributed by atoms with E-state index < -0.39 is 12.1 Å². The van der Waals surface area contributed by atoms with E-state index in [4.69, 9.17) is 10.5 Å². The summed E-state index contributed by atoms with van der Waals surface area (Å²) in [6, 6.07) is 25.9. The number of hydrogen-bond acceptors (Lipinski definition) is 6. The van der Waals surface area contributed by atoms with Gasteiger partial charge in [0.05, 0.1) is 24.3 Å². The predicted octanol–water partition coefficient (Wildman–Crippen LogP) is 5.94. The number of aliphatic hydroxyl groups is 1. The van der Waals surface area contributed by atoms with E-state index in [0.29, 0.717) is 24.9 Å². The average Bonchev–Trinajstić information content (AvgIpc) is 3.17. The van der Waals surface area contributed by atoms with E-state index in [0.717, 1.165) is 43.4 Å². The molecule has 0 bridgehead atoms. The Balaban J connectivity index is 1.29. The average molecular weight is 677 g/mol. The van der Waals surface area contributed by atoms with Crippen LogP contribution in [0.25, 0.3) is 0 Å². The van der Waals surface area contributed by atoms with E-state index in [2.05, 4.69) is 82.7 Å². The van der Waals surface area contributed by atoms with Crippen molar-refractivity contribution in [3.63, 3.8) is 0 Å². The largest absolute Gasteiger partial charge is 0.392 e. The number of benzene rings is 3. The van der Waals surface area contributed by atoms with Gasteiger partial charge in [-0.15, -0.1) is 0 Å². The Hall–Kier alpha value is -4.34. The van der Waals surface area contributed by atoms with Crippen LogP contribution in [0.2, 0.25) is 0 Å². The number of carbonyl (C=O) groups is 2. The van der Waals surface area contributed by atoms with Crippen molar-refractivity contribution >= 4 is 17.5 Å². The van der Waals surface area contributed by atoms with Crippen molar-refractivity contribution in [1.82, 2.24) is 10.6 Å². The maximum absolute atomic E-state index is 13.6. The second-order valence-electron chi connectivity index (χ2n) is 13.4. The molecule has 0 aliphatic heterocycles. The van der Waals surface area contributed by atoms with Gasteiger partial charge in [-0.3, -0.25) is 9.59 Å². The molecule has 2 aliphatic carbocycles. The predicted molar refractivity (Wildman–Crippen MR) is 200 cm³/mol. The highest BCUT2D eigenvalue weighted by atomic mass is 16.5. The van der Waals surface area contributed by atoms with Gasteiger partial charge < -0.3 is 31.5 Å². The number of methoxy groups -OCH3 is 1. The van der Waals surface area contributed by atoms with Gasteiger partial charge >= 0.3 is 0 Å². The van der Waals surface area contributed by atoms with Crippen LogP contribution in [0, 0.1) is 11.8 Å². The standard InChI is InChI=1S/C42H52N4O4/c1-50-37-26-22-35(23-27-37)42(33-15-7-3-8-16-33,34-17-9-4-10-18-34)44-28-12-11-19-39(41(49)45-36-24-20-32(30-47)21-25-36)46-40(48)38(43)29-31-13-5-2-6-14-31/h2-10,13-17,20-22,24-26,34-35,37-39,44,47H,11-12,18-19,23,27-30,43H2,1H3,(H,45,49)(H,46,48)/t34-,35-,37+,38-,39-,42?/m0/s1. The molecule has 3 aromatic rings. The van der Waals surface area contributed by atoms with E-state index in [1.54, 1.807) is 31.4 Å². The van der Waals surface area contributed by atoms with Crippen LogP contribution >= 0.6 is 0 Å². The Kier molecular flexibility index (Phi) is 13.7. The number of rotatable bonds is 17. The summed E-state index contributed by atoms with van der Waals surface area (Å²) in [5.74, 6) is -0.141. The van der Waals surface area contributed by atoms with Crippen molar-refractivity contribution in [1.29, 1.82) is 0 Å². The summed E-state index contributed by atoms with van der Waals surface area (Å²) in [4.78, 5) is 26.9. The molecule has 8 heteroatoms. The lowest BCUT2D eigenvalue weighted by Gasteiger charge is -2.48. The van der Waals surface area contributed by atoms with Gasteiger partial charge in [0.1, 0.15) is 6.04 Å². The van der Waals surface area contributed by atoms with Gasteiger partial charge in [-0.1, -0.05) is 109 Å². The minimum Gasteiger partial charge on any atom is -0.392 e. The van der Waals surface area contributed by atoms with Crippen molar-refractivity contribution < 1.29 is 19.4 Å². The molecule has 3 aromatic carbocycles. The Labute approximate surface area is 296 Å². The quantitative estimate of drug-likeness (QED) is 0.0891. The second-order valence-corrected chi connectivity index (χ2v) is 13.4. The van der Waals surface area contributed by atoms with Crippen LogP contribution in [-0.4, -0.2) is 48.8 Å². The van der Waals surface area contributed by atoms with Gasteiger partial charge in [-0.2, -0.15) is 0 Å². The Morgan fingerprint density at radius 2 is 1.60 bits per heavy atom. The molecule has 6 N–H and O–H groups in total. The first-order chi connectivity index (χ1) is 24.4. The number of amides is 2. The zero-order valence-corrected chi connectivity index (χ0v) is 29.0. The molecule has 0 radical (unpaired) electrons. The molecule has 0 heterocycles. The number of nitrogens with two attached hydrogens (primary N) is 1.